The molecule has 5 aliphatic carbocycles. The first-order valence-electron chi connectivity index (χ1n) is 19.9. The monoisotopic (exact) mass is 752 g/mol. The zero-order valence-electron chi connectivity index (χ0n) is 32.2. The molecular weight excluding hydrogens is 688 g/mol. The molecule has 7 rings (SSSR count). The van der Waals surface area contributed by atoms with Gasteiger partial charge >= 0.3 is 5.97 Å². The van der Waals surface area contributed by atoms with Crippen molar-refractivity contribution in [3.05, 3.63) is 11.6 Å². The van der Waals surface area contributed by atoms with Crippen LogP contribution in [0.4, 0.5) is 0 Å². The van der Waals surface area contributed by atoms with E-state index in [1.807, 2.05) is 6.92 Å². The van der Waals surface area contributed by atoms with Gasteiger partial charge in [0.25, 0.3) is 0 Å². The highest BCUT2D eigenvalue weighted by Crippen LogP contribution is 2.75. The van der Waals surface area contributed by atoms with Crippen LogP contribution in [0.2, 0.25) is 0 Å². The highest BCUT2D eigenvalue weighted by atomic mass is 16.8. The van der Waals surface area contributed by atoms with Gasteiger partial charge in [-0.3, -0.25) is 4.79 Å². The third-order valence-corrected chi connectivity index (χ3v) is 16.6. The highest BCUT2D eigenvalue weighted by molar-refractivity contribution is 5.76. The molecule has 13 nitrogen and oxygen atoms in total. The van der Waals surface area contributed by atoms with Crippen LogP contribution in [0.25, 0.3) is 0 Å². The minimum absolute atomic E-state index is 0.0789. The van der Waals surface area contributed by atoms with Crippen LogP contribution >= 0.6 is 0 Å². The van der Waals surface area contributed by atoms with E-state index >= 15 is 0 Å². The zero-order chi connectivity index (χ0) is 38.7. The first-order valence-corrected chi connectivity index (χ1v) is 19.9. The number of aliphatic hydroxyl groups is 7. The van der Waals surface area contributed by atoms with E-state index in [2.05, 4.69) is 40.7 Å². The number of aliphatic hydroxyl groups excluding tert-OH is 6. The number of rotatable bonds is 6. The zero-order valence-corrected chi connectivity index (χ0v) is 32.2. The average molecular weight is 753 g/mol. The fraction of sp³-hybridized carbons (Fsp3) is 0.925. The lowest BCUT2D eigenvalue weighted by molar-refractivity contribution is -0.370. The molecule has 0 radical (unpaired) electrons. The van der Waals surface area contributed by atoms with Gasteiger partial charge in [-0.1, -0.05) is 46.3 Å². The largest absolute Gasteiger partial charge is 0.481 e. The molecule has 0 aromatic carbocycles. The van der Waals surface area contributed by atoms with Crippen molar-refractivity contribution in [2.45, 2.75) is 173 Å². The van der Waals surface area contributed by atoms with Gasteiger partial charge in [0.15, 0.2) is 12.6 Å². The van der Waals surface area contributed by atoms with Gasteiger partial charge in [-0.25, -0.2) is 0 Å². The number of ether oxygens (including phenoxy) is 4. The van der Waals surface area contributed by atoms with E-state index in [4.69, 9.17) is 18.9 Å². The molecule has 4 saturated carbocycles. The van der Waals surface area contributed by atoms with Crippen molar-refractivity contribution in [2.75, 3.05) is 13.2 Å². The van der Waals surface area contributed by atoms with E-state index in [0.717, 1.165) is 32.1 Å². The number of hydrogen-bond acceptors (Lipinski definition) is 12. The number of carbonyl (C=O) groups is 1. The lowest BCUT2D eigenvalue weighted by atomic mass is 9.33. The van der Waals surface area contributed by atoms with E-state index in [1.54, 1.807) is 0 Å². The Morgan fingerprint density at radius 2 is 1.53 bits per heavy atom. The van der Waals surface area contributed by atoms with Gasteiger partial charge in [-0.05, 0) is 111 Å². The smallest absolute Gasteiger partial charge is 0.310 e. The summed E-state index contributed by atoms with van der Waals surface area (Å²) in [4.78, 5) is 13.0. The maximum atomic E-state index is 13.0. The Hall–Kier alpha value is -1.23. The molecule has 0 amide bonds. The molecule has 6 fully saturated rings. The third kappa shape index (κ3) is 5.92. The lowest BCUT2D eigenvalue weighted by Crippen LogP contribution is -2.66. The van der Waals surface area contributed by atoms with Crippen LogP contribution < -0.4 is 0 Å². The lowest BCUT2D eigenvalue weighted by Gasteiger charge is -2.71. The SMILES string of the molecule is CC1(C)[C@@H](O[C@@H]2O[C@H](CO)[C@@H](O)[C@H](O)[C@H]2O[C@@H]2OC[C@@H](O)[C@H](O)[C@H]2O)CC[C@]2(C)[C@H]3CC=C4[C@@H]5C[C@](C)(O)CC[C@]5(C(=O)O)CC[C@@]4(C)[C@]3(C)CC[C@@H]12. The maximum Gasteiger partial charge on any atom is 0.310 e. The molecule has 2 aliphatic heterocycles. The van der Waals surface area contributed by atoms with Crippen LogP contribution in [-0.2, 0) is 23.7 Å². The van der Waals surface area contributed by atoms with Crippen molar-refractivity contribution in [1.82, 2.24) is 0 Å². The predicted molar refractivity (Wildman–Crippen MR) is 189 cm³/mol. The molecule has 302 valence electrons. The summed E-state index contributed by atoms with van der Waals surface area (Å²) in [6, 6.07) is 0. The van der Waals surface area contributed by atoms with E-state index in [0.29, 0.717) is 38.0 Å². The number of allylic oxidation sites excluding steroid dienone is 2. The number of carboxylic acids is 1. The Balaban J connectivity index is 1.15. The third-order valence-electron chi connectivity index (χ3n) is 16.6. The van der Waals surface area contributed by atoms with Crippen molar-refractivity contribution >= 4 is 5.97 Å². The minimum Gasteiger partial charge on any atom is -0.481 e. The van der Waals surface area contributed by atoms with Crippen LogP contribution in [0.5, 0.6) is 0 Å². The quantitative estimate of drug-likeness (QED) is 0.145. The van der Waals surface area contributed by atoms with Crippen LogP contribution in [0.3, 0.4) is 0 Å². The van der Waals surface area contributed by atoms with Crippen molar-refractivity contribution in [3.8, 4) is 0 Å². The molecular formula is C40H64O13. The summed E-state index contributed by atoms with van der Waals surface area (Å²) in [6.07, 6.45) is -3.66. The maximum absolute atomic E-state index is 13.0. The minimum atomic E-state index is -1.63. The summed E-state index contributed by atoms with van der Waals surface area (Å²) < 4.78 is 24.2. The molecule has 53 heavy (non-hydrogen) atoms. The molecule has 18 atom stereocenters. The Labute approximate surface area is 312 Å². The Morgan fingerprint density at radius 1 is 0.830 bits per heavy atom. The van der Waals surface area contributed by atoms with Crippen LogP contribution in [0.15, 0.2) is 11.6 Å². The molecule has 0 bridgehead atoms. The van der Waals surface area contributed by atoms with Crippen molar-refractivity contribution in [1.29, 1.82) is 0 Å². The summed E-state index contributed by atoms with van der Waals surface area (Å²) in [5, 5.41) is 84.7. The van der Waals surface area contributed by atoms with Crippen LogP contribution in [-0.4, -0.2) is 127 Å². The normalized spacial score (nSPS) is 55.1. The molecule has 0 aromatic heterocycles. The van der Waals surface area contributed by atoms with Gasteiger partial charge in [0, 0.05) is 0 Å². The molecule has 0 spiro atoms. The first kappa shape index (κ1) is 40.0. The predicted octanol–water partition coefficient (Wildman–Crippen LogP) is 2.25. The Morgan fingerprint density at radius 3 is 2.21 bits per heavy atom. The molecule has 0 aromatic rings. The van der Waals surface area contributed by atoms with Crippen LogP contribution in [0, 0.1) is 44.8 Å². The summed E-state index contributed by atoms with van der Waals surface area (Å²) in [5.74, 6) is -0.366. The fourth-order valence-corrected chi connectivity index (χ4v) is 13.2. The van der Waals surface area contributed by atoms with Gasteiger partial charge in [-0.15, -0.1) is 0 Å². The second-order valence-corrected chi connectivity index (χ2v) is 19.6. The summed E-state index contributed by atoms with van der Waals surface area (Å²) in [7, 11) is 0. The van der Waals surface area contributed by atoms with Gasteiger partial charge in [-0.2, -0.15) is 0 Å². The topological polar surface area (TPSA) is 216 Å². The fourth-order valence-electron chi connectivity index (χ4n) is 13.2. The summed E-state index contributed by atoms with van der Waals surface area (Å²) in [6.45, 7) is 12.6. The number of carboxylic acid groups (broad SMARTS) is 1. The molecule has 7 aliphatic rings. The van der Waals surface area contributed by atoms with Gasteiger partial charge in [0.05, 0.1) is 30.3 Å². The van der Waals surface area contributed by atoms with E-state index < -0.39 is 84.3 Å². The molecule has 0 unspecified atom stereocenters. The molecule has 2 heterocycles. The van der Waals surface area contributed by atoms with Crippen molar-refractivity contribution < 1.29 is 64.6 Å². The Bertz CT molecular complexity index is 1430. The molecule has 2 saturated heterocycles. The molecule has 8 N–H and O–H groups in total. The Kier molecular flexibility index (Phi) is 10.1. The van der Waals surface area contributed by atoms with Gasteiger partial charge in [0.2, 0.25) is 0 Å². The first-order chi connectivity index (χ1) is 24.7. The second kappa shape index (κ2) is 13.4. The highest BCUT2D eigenvalue weighted by Gasteiger charge is 2.70. The molecule has 13 heteroatoms. The second-order valence-electron chi connectivity index (χ2n) is 19.6. The number of fused-ring (bicyclic) bond motifs is 7. The van der Waals surface area contributed by atoms with E-state index in [9.17, 15) is 45.6 Å². The number of hydrogen-bond donors (Lipinski definition) is 8. The van der Waals surface area contributed by atoms with Crippen molar-refractivity contribution in [3.63, 3.8) is 0 Å². The standard InChI is InChI=1S/C40H64O13/c1-35(2)24-9-12-39(6)25(8-7-20-21-17-36(3,49)13-15-40(21,34(47)48)16-14-38(20,39)5)37(24,4)11-10-26(35)52-33-31(29(45)28(44)23(18-41)51-33)53-32-30(46)27(43)22(42)19-50-32/h7,21-33,41-46,49H,8-19H2,1-6H3,(H,47,48)/t21-,22+,23+,24-,25+,26-,27-,28+,29-,30+,31+,32-,33-,36+,37-,38+,39+,40-/m0/s1. The van der Waals surface area contributed by atoms with E-state index in [1.165, 1.54) is 5.57 Å². The average Bonchev–Trinajstić information content (AvgIpc) is 3.08. The van der Waals surface area contributed by atoms with Gasteiger partial charge in [0.1, 0.15) is 42.7 Å². The summed E-state index contributed by atoms with van der Waals surface area (Å²) >= 11 is 0. The number of aliphatic carboxylic acids is 1. The van der Waals surface area contributed by atoms with Crippen molar-refractivity contribution in [2.24, 2.45) is 44.8 Å². The summed E-state index contributed by atoms with van der Waals surface area (Å²) in [5.41, 5.74) is -1.24. The van der Waals surface area contributed by atoms with Gasteiger partial charge < -0.3 is 59.8 Å². The van der Waals surface area contributed by atoms with E-state index in [-0.39, 0.29) is 40.8 Å². The van der Waals surface area contributed by atoms with Crippen LogP contribution in [0.1, 0.15) is 106 Å².